The number of carboxylic acid groups (broad SMARTS) is 1. The van der Waals surface area contributed by atoms with Crippen molar-refractivity contribution in [3.63, 3.8) is 0 Å². The smallest absolute Gasteiger partial charge is 0.311 e. The largest absolute Gasteiger partial charge is 0.481 e. The van der Waals surface area contributed by atoms with Gasteiger partial charge in [-0.05, 0) is 31.5 Å². The van der Waals surface area contributed by atoms with Gasteiger partial charge in [-0.1, -0.05) is 35.9 Å². The van der Waals surface area contributed by atoms with Crippen LogP contribution in [0.15, 0.2) is 42.5 Å². The molecule has 2 aromatic rings. The van der Waals surface area contributed by atoms with Gasteiger partial charge in [-0.25, -0.2) is 0 Å². The maximum Gasteiger partial charge on any atom is 0.311 e. The topological polar surface area (TPSA) is 50.2 Å². The van der Waals surface area contributed by atoms with Gasteiger partial charge < -0.3 is 5.11 Å². The van der Waals surface area contributed by atoms with Crippen molar-refractivity contribution in [1.29, 1.82) is 0 Å². The minimum absolute atomic E-state index is 0.417. The molecule has 0 aliphatic carbocycles. The van der Waals surface area contributed by atoms with E-state index in [0.717, 1.165) is 22.5 Å². The highest BCUT2D eigenvalue weighted by Gasteiger charge is 2.20. The summed E-state index contributed by atoms with van der Waals surface area (Å²) in [6, 6.07) is 13.3. The van der Waals surface area contributed by atoms with Crippen LogP contribution in [0.25, 0.3) is 0 Å². The summed E-state index contributed by atoms with van der Waals surface area (Å²) in [6.45, 7) is 3.90. The zero-order chi connectivity index (χ0) is 13.8. The first-order valence-corrected chi connectivity index (χ1v) is 6.28. The molecule has 98 valence electrons. The van der Waals surface area contributed by atoms with Crippen LogP contribution in [-0.4, -0.2) is 16.1 Å². The summed E-state index contributed by atoms with van der Waals surface area (Å²) < 4.78 is 0. The fourth-order valence-corrected chi connectivity index (χ4v) is 2.07. The third-order valence-electron chi connectivity index (χ3n) is 3.14. The summed E-state index contributed by atoms with van der Waals surface area (Å²) in [4.78, 5) is 15.8. The van der Waals surface area contributed by atoms with Crippen molar-refractivity contribution in [3.05, 3.63) is 65.0 Å². The minimum atomic E-state index is -0.813. The number of hydrogen-bond acceptors (Lipinski definition) is 2. The number of rotatable bonds is 4. The van der Waals surface area contributed by atoms with Crippen LogP contribution in [-0.2, 0) is 11.2 Å². The highest BCUT2D eigenvalue weighted by atomic mass is 16.4. The normalized spacial score (nSPS) is 12.1. The number of aryl methyl sites for hydroxylation is 2. The van der Waals surface area contributed by atoms with Gasteiger partial charge >= 0.3 is 5.97 Å². The number of aromatic nitrogens is 1. The Morgan fingerprint density at radius 1 is 1.16 bits per heavy atom. The van der Waals surface area contributed by atoms with Crippen molar-refractivity contribution in [2.45, 2.75) is 26.2 Å². The van der Waals surface area contributed by atoms with Crippen molar-refractivity contribution in [2.75, 3.05) is 0 Å². The summed E-state index contributed by atoms with van der Waals surface area (Å²) >= 11 is 0. The molecular formula is C16H17NO2. The van der Waals surface area contributed by atoms with Crippen molar-refractivity contribution in [2.24, 2.45) is 0 Å². The van der Waals surface area contributed by atoms with Crippen molar-refractivity contribution < 1.29 is 9.90 Å². The van der Waals surface area contributed by atoms with Crippen molar-refractivity contribution >= 4 is 5.97 Å². The molecule has 0 fully saturated rings. The monoisotopic (exact) mass is 255 g/mol. The molecule has 2 rings (SSSR count). The van der Waals surface area contributed by atoms with Crippen LogP contribution in [0.2, 0.25) is 0 Å². The van der Waals surface area contributed by atoms with E-state index < -0.39 is 11.9 Å². The molecule has 3 heteroatoms. The van der Waals surface area contributed by atoms with Gasteiger partial charge in [-0.2, -0.15) is 0 Å². The van der Waals surface area contributed by atoms with Gasteiger partial charge in [0.25, 0.3) is 0 Å². The predicted octanol–water partition coefficient (Wildman–Crippen LogP) is 3.11. The standard InChI is InChI=1S/C16H17NO2/c1-11-6-8-13(9-7-11)15(16(18)19)10-14-5-3-4-12(2)17-14/h3-9,15H,10H2,1-2H3,(H,18,19). The zero-order valence-electron chi connectivity index (χ0n) is 11.1. The van der Waals surface area contributed by atoms with E-state index in [4.69, 9.17) is 0 Å². The molecule has 1 aromatic carbocycles. The molecular weight excluding hydrogens is 238 g/mol. The number of hydrogen-bond donors (Lipinski definition) is 1. The summed E-state index contributed by atoms with van der Waals surface area (Å²) in [5.74, 6) is -1.36. The van der Waals surface area contributed by atoms with Crippen molar-refractivity contribution in [3.8, 4) is 0 Å². The lowest BCUT2D eigenvalue weighted by Gasteiger charge is -2.13. The van der Waals surface area contributed by atoms with E-state index >= 15 is 0 Å². The van der Waals surface area contributed by atoms with E-state index in [1.54, 1.807) is 0 Å². The fraction of sp³-hybridized carbons (Fsp3) is 0.250. The summed E-state index contributed by atoms with van der Waals surface area (Å²) in [5, 5.41) is 9.40. The highest BCUT2D eigenvalue weighted by molar-refractivity contribution is 5.76. The third kappa shape index (κ3) is 3.41. The van der Waals surface area contributed by atoms with Crippen LogP contribution < -0.4 is 0 Å². The third-order valence-corrected chi connectivity index (χ3v) is 3.14. The first-order valence-electron chi connectivity index (χ1n) is 6.28. The van der Waals surface area contributed by atoms with E-state index in [0.29, 0.717) is 6.42 Å². The van der Waals surface area contributed by atoms with Crippen LogP contribution >= 0.6 is 0 Å². The van der Waals surface area contributed by atoms with Gasteiger partial charge in [0.1, 0.15) is 0 Å². The summed E-state index contributed by atoms with van der Waals surface area (Å²) in [5.41, 5.74) is 3.67. The predicted molar refractivity (Wildman–Crippen MR) is 74.2 cm³/mol. The molecule has 0 aliphatic rings. The maximum atomic E-state index is 11.4. The Kier molecular flexibility index (Phi) is 3.95. The minimum Gasteiger partial charge on any atom is -0.481 e. The Labute approximate surface area is 112 Å². The zero-order valence-corrected chi connectivity index (χ0v) is 11.1. The molecule has 1 aromatic heterocycles. The lowest BCUT2D eigenvalue weighted by atomic mass is 9.93. The highest BCUT2D eigenvalue weighted by Crippen LogP contribution is 2.21. The molecule has 0 amide bonds. The molecule has 0 saturated carbocycles. The number of carboxylic acids is 1. The second-order valence-electron chi connectivity index (χ2n) is 4.78. The molecule has 0 spiro atoms. The first kappa shape index (κ1) is 13.3. The molecule has 1 unspecified atom stereocenters. The Balaban J connectivity index is 2.26. The van der Waals surface area contributed by atoms with Crippen LogP contribution in [0.4, 0.5) is 0 Å². The lowest BCUT2D eigenvalue weighted by molar-refractivity contribution is -0.138. The fourth-order valence-electron chi connectivity index (χ4n) is 2.07. The Morgan fingerprint density at radius 2 is 1.84 bits per heavy atom. The number of benzene rings is 1. The molecule has 1 heterocycles. The molecule has 0 aliphatic heterocycles. The van der Waals surface area contributed by atoms with Gasteiger partial charge in [0, 0.05) is 17.8 Å². The van der Waals surface area contributed by atoms with Gasteiger partial charge in [-0.15, -0.1) is 0 Å². The average molecular weight is 255 g/mol. The molecule has 0 bridgehead atoms. The van der Waals surface area contributed by atoms with Crippen LogP contribution in [0.1, 0.15) is 28.4 Å². The second kappa shape index (κ2) is 5.65. The van der Waals surface area contributed by atoms with Gasteiger partial charge in [0.15, 0.2) is 0 Å². The van der Waals surface area contributed by atoms with E-state index in [2.05, 4.69) is 4.98 Å². The molecule has 0 saturated heterocycles. The number of pyridine rings is 1. The second-order valence-corrected chi connectivity index (χ2v) is 4.78. The summed E-state index contributed by atoms with van der Waals surface area (Å²) in [7, 11) is 0. The Hall–Kier alpha value is -2.16. The van der Waals surface area contributed by atoms with E-state index in [1.807, 2.05) is 56.3 Å². The van der Waals surface area contributed by atoms with Crippen LogP contribution in [0, 0.1) is 13.8 Å². The Bertz CT molecular complexity index is 576. The first-order chi connectivity index (χ1) is 9.06. The molecule has 1 N–H and O–H groups in total. The number of aliphatic carboxylic acids is 1. The van der Waals surface area contributed by atoms with E-state index in [1.165, 1.54) is 0 Å². The van der Waals surface area contributed by atoms with E-state index in [9.17, 15) is 9.90 Å². The average Bonchev–Trinajstić information content (AvgIpc) is 2.37. The van der Waals surface area contributed by atoms with Gasteiger partial charge in [-0.3, -0.25) is 9.78 Å². The van der Waals surface area contributed by atoms with Crippen LogP contribution in [0.5, 0.6) is 0 Å². The molecule has 3 nitrogen and oxygen atoms in total. The van der Waals surface area contributed by atoms with Crippen molar-refractivity contribution in [1.82, 2.24) is 4.98 Å². The quantitative estimate of drug-likeness (QED) is 0.913. The number of nitrogens with zero attached hydrogens (tertiary/aromatic N) is 1. The molecule has 19 heavy (non-hydrogen) atoms. The summed E-state index contributed by atoms with van der Waals surface area (Å²) in [6.07, 6.45) is 0.417. The molecule has 1 atom stereocenters. The SMILES string of the molecule is Cc1ccc(C(Cc2cccc(C)n2)C(=O)O)cc1. The Morgan fingerprint density at radius 3 is 2.42 bits per heavy atom. The van der Waals surface area contributed by atoms with Gasteiger partial charge in [0.2, 0.25) is 0 Å². The van der Waals surface area contributed by atoms with Crippen LogP contribution in [0.3, 0.4) is 0 Å². The maximum absolute atomic E-state index is 11.4. The molecule has 0 radical (unpaired) electrons. The van der Waals surface area contributed by atoms with Gasteiger partial charge in [0.05, 0.1) is 5.92 Å². The number of carbonyl (C=O) groups is 1. The van der Waals surface area contributed by atoms with E-state index in [-0.39, 0.29) is 0 Å². The lowest BCUT2D eigenvalue weighted by Crippen LogP contribution is -2.15.